The fraction of sp³-hybridized carbons (Fsp3) is 0.167. The Morgan fingerprint density at radius 3 is 2.54 bits per heavy atom. The SMILES string of the molecule is CC(Nc1cnnc(NCc2ccc(Cl)cc2)n1)c1ccccc1. The summed E-state index contributed by atoms with van der Waals surface area (Å²) in [5.74, 6) is 1.16. The van der Waals surface area contributed by atoms with Crippen molar-refractivity contribution in [2.45, 2.75) is 19.5 Å². The van der Waals surface area contributed by atoms with Crippen molar-refractivity contribution < 1.29 is 0 Å². The van der Waals surface area contributed by atoms with E-state index in [9.17, 15) is 0 Å². The highest BCUT2D eigenvalue weighted by atomic mass is 35.5. The molecule has 1 aromatic heterocycles. The van der Waals surface area contributed by atoms with Gasteiger partial charge in [-0.2, -0.15) is 10.1 Å². The Kier molecular flexibility index (Phi) is 5.23. The fourth-order valence-electron chi connectivity index (χ4n) is 2.28. The molecule has 2 aromatic carbocycles. The monoisotopic (exact) mass is 339 g/mol. The highest BCUT2D eigenvalue weighted by molar-refractivity contribution is 6.30. The van der Waals surface area contributed by atoms with Gasteiger partial charge in [-0.15, -0.1) is 5.10 Å². The van der Waals surface area contributed by atoms with Crippen LogP contribution in [0.5, 0.6) is 0 Å². The summed E-state index contributed by atoms with van der Waals surface area (Å²) in [6.07, 6.45) is 1.62. The molecule has 2 N–H and O–H groups in total. The second-order valence-corrected chi connectivity index (χ2v) is 5.86. The summed E-state index contributed by atoms with van der Waals surface area (Å²) in [5.41, 5.74) is 2.28. The van der Waals surface area contributed by atoms with Crippen molar-refractivity contribution in [2.24, 2.45) is 0 Å². The van der Waals surface area contributed by atoms with Gasteiger partial charge in [0, 0.05) is 17.6 Å². The van der Waals surface area contributed by atoms with E-state index in [0.29, 0.717) is 18.3 Å². The zero-order valence-corrected chi connectivity index (χ0v) is 14.0. The van der Waals surface area contributed by atoms with E-state index in [0.717, 1.165) is 10.6 Å². The molecule has 0 aliphatic carbocycles. The third-order valence-corrected chi connectivity index (χ3v) is 3.84. The summed E-state index contributed by atoms with van der Waals surface area (Å²) in [6.45, 7) is 2.69. The molecule has 6 heteroatoms. The Hall–Kier alpha value is -2.66. The summed E-state index contributed by atoms with van der Waals surface area (Å²) < 4.78 is 0. The summed E-state index contributed by atoms with van der Waals surface area (Å²) in [4.78, 5) is 4.45. The molecule has 0 aliphatic heterocycles. The molecule has 122 valence electrons. The Morgan fingerprint density at radius 2 is 1.79 bits per heavy atom. The van der Waals surface area contributed by atoms with Gasteiger partial charge >= 0.3 is 0 Å². The minimum absolute atomic E-state index is 0.131. The standard InChI is InChI=1S/C18H18ClN5/c1-13(15-5-3-2-4-6-15)22-17-12-21-24-18(23-17)20-11-14-7-9-16(19)10-8-14/h2-10,12-13H,11H2,1H3,(H2,20,22,23,24). The van der Waals surface area contributed by atoms with Gasteiger partial charge in [0.2, 0.25) is 5.95 Å². The molecule has 0 bridgehead atoms. The molecule has 5 nitrogen and oxygen atoms in total. The maximum atomic E-state index is 5.89. The largest absolute Gasteiger partial charge is 0.362 e. The Labute approximate surface area is 146 Å². The van der Waals surface area contributed by atoms with Crippen molar-refractivity contribution in [3.63, 3.8) is 0 Å². The van der Waals surface area contributed by atoms with Crippen molar-refractivity contribution in [1.82, 2.24) is 15.2 Å². The van der Waals surface area contributed by atoms with E-state index in [1.807, 2.05) is 42.5 Å². The summed E-state index contributed by atoms with van der Waals surface area (Å²) in [6, 6.07) is 18.0. The minimum Gasteiger partial charge on any atom is -0.362 e. The van der Waals surface area contributed by atoms with Crippen LogP contribution in [0.2, 0.25) is 5.02 Å². The second kappa shape index (κ2) is 7.75. The lowest BCUT2D eigenvalue weighted by molar-refractivity contribution is 0.857. The molecule has 0 saturated carbocycles. The van der Waals surface area contributed by atoms with Crippen molar-refractivity contribution >= 4 is 23.4 Å². The number of anilines is 2. The van der Waals surface area contributed by atoms with Crippen molar-refractivity contribution in [3.8, 4) is 0 Å². The van der Waals surface area contributed by atoms with Gasteiger partial charge in [-0.1, -0.05) is 54.1 Å². The van der Waals surface area contributed by atoms with E-state index < -0.39 is 0 Å². The number of hydrogen-bond donors (Lipinski definition) is 2. The van der Waals surface area contributed by atoms with Crippen LogP contribution >= 0.6 is 11.6 Å². The number of hydrogen-bond acceptors (Lipinski definition) is 5. The average molecular weight is 340 g/mol. The number of halogens is 1. The van der Waals surface area contributed by atoms with E-state index in [4.69, 9.17) is 11.6 Å². The molecule has 1 heterocycles. The van der Waals surface area contributed by atoms with E-state index in [2.05, 4.69) is 44.9 Å². The van der Waals surface area contributed by atoms with Gasteiger partial charge < -0.3 is 10.6 Å². The first-order valence-corrected chi connectivity index (χ1v) is 8.08. The minimum atomic E-state index is 0.131. The molecule has 1 atom stereocenters. The predicted molar refractivity (Wildman–Crippen MR) is 97.1 cm³/mol. The molecule has 1 unspecified atom stereocenters. The molecule has 0 amide bonds. The average Bonchev–Trinajstić information content (AvgIpc) is 2.62. The smallest absolute Gasteiger partial charge is 0.244 e. The fourth-order valence-corrected chi connectivity index (χ4v) is 2.40. The first-order chi connectivity index (χ1) is 11.7. The zero-order chi connectivity index (χ0) is 16.8. The molecule has 3 rings (SSSR count). The molecular formula is C18H18ClN5. The highest BCUT2D eigenvalue weighted by Crippen LogP contribution is 2.17. The Bertz CT molecular complexity index is 777. The lowest BCUT2D eigenvalue weighted by atomic mass is 10.1. The van der Waals surface area contributed by atoms with Gasteiger partial charge in [-0.25, -0.2) is 0 Å². The van der Waals surface area contributed by atoms with Crippen LogP contribution in [0.1, 0.15) is 24.1 Å². The highest BCUT2D eigenvalue weighted by Gasteiger charge is 2.07. The van der Waals surface area contributed by atoms with Crippen LogP contribution in [-0.2, 0) is 6.54 Å². The number of rotatable bonds is 6. The second-order valence-electron chi connectivity index (χ2n) is 5.42. The molecule has 0 fully saturated rings. The van der Waals surface area contributed by atoms with Gasteiger partial charge in [0.25, 0.3) is 0 Å². The summed E-state index contributed by atoms with van der Waals surface area (Å²) >= 11 is 5.89. The van der Waals surface area contributed by atoms with Crippen molar-refractivity contribution in [2.75, 3.05) is 10.6 Å². The van der Waals surface area contributed by atoms with Crippen LogP contribution < -0.4 is 10.6 Å². The topological polar surface area (TPSA) is 62.7 Å². The van der Waals surface area contributed by atoms with Gasteiger partial charge in [-0.3, -0.25) is 0 Å². The van der Waals surface area contributed by atoms with Crippen LogP contribution in [0.4, 0.5) is 11.8 Å². The van der Waals surface area contributed by atoms with E-state index >= 15 is 0 Å². The van der Waals surface area contributed by atoms with E-state index in [-0.39, 0.29) is 6.04 Å². The lowest BCUT2D eigenvalue weighted by Gasteiger charge is -2.15. The van der Waals surface area contributed by atoms with Crippen LogP contribution in [0.25, 0.3) is 0 Å². The number of benzene rings is 2. The molecule has 0 aliphatic rings. The van der Waals surface area contributed by atoms with Crippen LogP contribution in [0, 0.1) is 0 Å². The number of aromatic nitrogens is 3. The number of nitrogens with one attached hydrogen (secondary N) is 2. The van der Waals surface area contributed by atoms with Crippen molar-refractivity contribution in [3.05, 3.63) is 76.9 Å². The van der Waals surface area contributed by atoms with Crippen LogP contribution in [0.3, 0.4) is 0 Å². The molecule has 3 aromatic rings. The van der Waals surface area contributed by atoms with Gasteiger partial charge in [0.05, 0.1) is 6.20 Å². The summed E-state index contributed by atoms with van der Waals surface area (Å²) in [7, 11) is 0. The molecule has 0 spiro atoms. The van der Waals surface area contributed by atoms with Crippen LogP contribution in [0.15, 0.2) is 60.8 Å². The first-order valence-electron chi connectivity index (χ1n) is 7.70. The third-order valence-electron chi connectivity index (χ3n) is 3.59. The Balaban J connectivity index is 1.62. The van der Waals surface area contributed by atoms with Crippen molar-refractivity contribution in [1.29, 1.82) is 0 Å². The van der Waals surface area contributed by atoms with E-state index in [1.54, 1.807) is 6.20 Å². The Morgan fingerprint density at radius 1 is 1.04 bits per heavy atom. The van der Waals surface area contributed by atoms with E-state index in [1.165, 1.54) is 5.56 Å². The molecule has 24 heavy (non-hydrogen) atoms. The maximum Gasteiger partial charge on any atom is 0.244 e. The molecule has 0 saturated heterocycles. The molecular weight excluding hydrogens is 322 g/mol. The first kappa shape index (κ1) is 16.2. The van der Waals surface area contributed by atoms with Gasteiger partial charge in [-0.05, 0) is 30.2 Å². The summed E-state index contributed by atoms with van der Waals surface area (Å²) in [5, 5.41) is 15.2. The molecule has 0 radical (unpaired) electrons. The quantitative estimate of drug-likeness (QED) is 0.700. The van der Waals surface area contributed by atoms with Gasteiger partial charge in [0.1, 0.15) is 0 Å². The van der Waals surface area contributed by atoms with Crippen LogP contribution in [-0.4, -0.2) is 15.2 Å². The van der Waals surface area contributed by atoms with Gasteiger partial charge in [0.15, 0.2) is 5.82 Å². The third kappa shape index (κ3) is 4.43. The maximum absolute atomic E-state index is 5.89. The lowest BCUT2D eigenvalue weighted by Crippen LogP contribution is -2.11. The normalized spacial score (nSPS) is 11.8. The zero-order valence-electron chi connectivity index (χ0n) is 13.3. The predicted octanol–water partition coefficient (Wildman–Crippen LogP) is 4.31. The number of nitrogens with zero attached hydrogens (tertiary/aromatic N) is 3.